The van der Waals surface area contributed by atoms with Gasteiger partial charge in [-0.2, -0.15) is 13.2 Å². The summed E-state index contributed by atoms with van der Waals surface area (Å²) < 4.78 is 38.4. The fourth-order valence-corrected chi connectivity index (χ4v) is 3.91. The SMILES string of the molecule is O=C(NCc1cccc(C(F)(F)F)c1)[C@H]1CC[C@H](Nc2nc3ccccc3[nH]2)CC1. The summed E-state index contributed by atoms with van der Waals surface area (Å²) in [7, 11) is 0. The average molecular weight is 416 g/mol. The summed E-state index contributed by atoms with van der Waals surface area (Å²) in [6.45, 7) is 0.0971. The van der Waals surface area contributed by atoms with Crippen LogP contribution in [0.2, 0.25) is 0 Å². The van der Waals surface area contributed by atoms with Gasteiger partial charge in [0.05, 0.1) is 16.6 Å². The number of H-pyrrole nitrogens is 1. The summed E-state index contributed by atoms with van der Waals surface area (Å²) in [6, 6.07) is 13.1. The van der Waals surface area contributed by atoms with Crippen LogP contribution in [0.4, 0.5) is 19.1 Å². The smallest absolute Gasteiger partial charge is 0.353 e. The van der Waals surface area contributed by atoms with Gasteiger partial charge in [0.25, 0.3) is 0 Å². The maximum atomic E-state index is 12.8. The van der Waals surface area contributed by atoms with Crippen LogP contribution in [-0.2, 0) is 17.5 Å². The average Bonchev–Trinajstić information content (AvgIpc) is 3.14. The molecule has 0 bridgehead atoms. The Balaban J connectivity index is 1.26. The Morgan fingerprint density at radius 2 is 1.83 bits per heavy atom. The van der Waals surface area contributed by atoms with Crippen LogP contribution >= 0.6 is 0 Å². The third kappa shape index (κ3) is 4.75. The number of carbonyl (C=O) groups is 1. The first-order chi connectivity index (χ1) is 14.4. The molecular weight excluding hydrogens is 393 g/mol. The van der Waals surface area contributed by atoms with E-state index >= 15 is 0 Å². The zero-order chi connectivity index (χ0) is 21.1. The highest BCUT2D eigenvalue weighted by Gasteiger charge is 2.30. The maximum absolute atomic E-state index is 12.8. The lowest BCUT2D eigenvalue weighted by Crippen LogP contribution is -2.35. The largest absolute Gasteiger partial charge is 0.416 e. The molecule has 8 heteroatoms. The molecule has 1 heterocycles. The fourth-order valence-electron chi connectivity index (χ4n) is 3.91. The van der Waals surface area contributed by atoms with E-state index in [1.165, 1.54) is 6.07 Å². The van der Waals surface area contributed by atoms with Crippen molar-refractivity contribution in [3.8, 4) is 0 Å². The molecule has 1 aliphatic carbocycles. The molecule has 1 aliphatic rings. The van der Waals surface area contributed by atoms with Crippen molar-refractivity contribution in [2.24, 2.45) is 5.92 Å². The highest BCUT2D eigenvalue weighted by Crippen LogP contribution is 2.30. The van der Waals surface area contributed by atoms with Crippen molar-refractivity contribution in [1.29, 1.82) is 0 Å². The van der Waals surface area contributed by atoms with Gasteiger partial charge in [-0.25, -0.2) is 4.98 Å². The number of anilines is 1. The Morgan fingerprint density at radius 3 is 2.57 bits per heavy atom. The van der Waals surface area contributed by atoms with Crippen molar-refractivity contribution < 1.29 is 18.0 Å². The summed E-state index contributed by atoms with van der Waals surface area (Å²) in [6.07, 6.45) is -1.26. The number of nitrogens with zero attached hydrogens (tertiary/aromatic N) is 1. The number of hydrogen-bond donors (Lipinski definition) is 3. The number of imidazole rings is 1. The van der Waals surface area contributed by atoms with Gasteiger partial charge < -0.3 is 15.6 Å². The van der Waals surface area contributed by atoms with Gasteiger partial charge in [-0.05, 0) is 55.5 Å². The Labute approximate surface area is 172 Å². The number of carbonyl (C=O) groups excluding carboxylic acids is 1. The molecular formula is C22H23F3N4O. The van der Waals surface area contributed by atoms with Crippen LogP contribution in [-0.4, -0.2) is 21.9 Å². The molecule has 0 atom stereocenters. The number of benzene rings is 2. The summed E-state index contributed by atoms with van der Waals surface area (Å²) in [4.78, 5) is 20.2. The predicted molar refractivity (Wildman–Crippen MR) is 109 cm³/mol. The van der Waals surface area contributed by atoms with E-state index in [2.05, 4.69) is 20.6 Å². The molecule has 0 saturated heterocycles. The molecule has 0 spiro atoms. The van der Waals surface area contributed by atoms with Crippen LogP contribution in [0.3, 0.4) is 0 Å². The molecule has 0 aliphatic heterocycles. The Morgan fingerprint density at radius 1 is 1.07 bits per heavy atom. The first kappa shape index (κ1) is 20.3. The maximum Gasteiger partial charge on any atom is 0.416 e. The van der Waals surface area contributed by atoms with E-state index in [1.807, 2.05) is 24.3 Å². The quantitative estimate of drug-likeness (QED) is 0.556. The summed E-state index contributed by atoms with van der Waals surface area (Å²) in [5.41, 5.74) is 1.62. The lowest BCUT2D eigenvalue weighted by molar-refractivity contribution is -0.137. The number of fused-ring (bicyclic) bond motifs is 1. The Bertz CT molecular complexity index is 989. The molecule has 4 rings (SSSR count). The van der Waals surface area contributed by atoms with Crippen molar-refractivity contribution in [2.75, 3.05) is 5.32 Å². The number of alkyl halides is 3. The number of halogens is 3. The molecule has 1 aromatic heterocycles. The molecule has 1 amide bonds. The molecule has 1 saturated carbocycles. The normalized spacial score (nSPS) is 19.6. The molecule has 0 unspecified atom stereocenters. The van der Waals surface area contributed by atoms with Crippen LogP contribution in [0.25, 0.3) is 11.0 Å². The van der Waals surface area contributed by atoms with Crippen molar-refractivity contribution in [1.82, 2.24) is 15.3 Å². The third-order valence-electron chi connectivity index (χ3n) is 5.55. The topological polar surface area (TPSA) is 69.8 Å². The summed E-state index contributed by atoms with van der Waals surface area (Å²) in [5.74, 6) is 0.507. The minimum absolute atomic E-state index is 0.0971. The van der Waals surface area contributed by atoms with Crippen molar-refractivity contribution in [3.05, 3.63) is 59.7 Å². The van der Waals surface area contributed by atoms with Gasteiger partial charge in [-0.1, -0.05) is 24.3 Å². The summed E-state index contributed by atoms with van der Waals surface area (Å²) in [5, 5.41) is 6.19. The van der Waals surface area contributed by atoms with Crippen molar-refractivity contribution in [2.45, 2.75) is 44.4 Å². The van der Waals surface area contributed by atoms with E-state index in [1.54, 1.807) is 6.07 Å². The van der Waals surface area contributed by atoms with Crippen LogP contribution in [0.1, 0.15) is 36.8 Å². The first-order valence-electron chi connectivity index (χ1n) is 10.0. The van der Waals surface area contributed by atoms with Crippen LogP contribution < -0.4 is 10.6 Å². The second kappa shape index (κ2) is 8.38. The highest BCUT2D eigenvalue weighted by molar-refractivity contribution is 5.79. The molecule has 3 N–H and O–H groups in total. The van der Waals surface area contributed by atoms with E-state index < -0.39 is 11.7 Å². The van der Waals surface area contributed by atoms with Gasteiger partial charge in [0, 0.05) is 18.5 Å². The molecule has 5 nitrogen and oxygen atoms in total. The van der Waals surface area contributed by atoms with Crippen molar-refractivity contribution in [3.63, 3.8) is 0 Å². The third-order valence-corrected chi connectivity index (χ3v) is 5.55. The van der Waals surface area contributed by atoms with Gasteiger partial charge in [0.15, 0.2) is 0 Å². The van der Waals surface area contributed by atoms with Gasteiger partial charge in [-0.3, -0.25) is 4.79 Å². The standard InChI is InChI=1S/C22H23F3N4O/c23-22(24,25)16-5-3-4-14(12-16)13-26-20(30)15-8-10-17(11-9-15)27-21-28-18-6-1-2-7-19(18)29-21/h1-7,12,15,17H,8-11,13H2,(H,26,30)(H2,27,28,29)/t15-,17-. The summed E-state index contributed by atoms with van der Waals surface area (Å²) >= 11 is 0. The van der Waals surface area contributed by atoms with Gasteiger partial charge in [0.2, 0.25) is 11.9 Å². The second-order valence-electron chi connectivity index (χ2n) is 7.71. The lowest BCUT2D eigenvalue weighted by atomic mass is 9.85. The fraction of sp³-hybridized carbons (Fsp3) is 0.364. The van der Waals surface area contributed by atoms with Gasteiger partial charge in [-0.15, -0.1) is 0 Å². The first-order valence-corrected chi connectivity index (χ1v) is 10.0. The predicted octanol–water partition coefficient (Wildman–Crippen LogP) is 4.87. The van der Waals surface area contributed by atoms with Crippen LogP contribution in [0.15, 0.2) is 48.5 Å². The molecule has 2 aromatic carbocycles. The number of nitrogens with one attached hydrogen (secondary N) is 3. The van der Waals surface area contributed by atoms with Gasteiger partial charge in [0.1, 0.15) is 0 Å². The number of aromatic nitrogens is 2. The van der Waals surface area contributed by atoms with E-state index in [-0.39, 0.29) is 24.4 Å². The molecule has 0 radical (unpaired) electrons. The monoisotopic (exact) mass is 416 g/mol. The van der Waals surface area contributed by atoms with E-state index in [0.717, 1.165) is 54.8 Å². The lowest BCUT2D eigenvalue weighted by Gasteiger charge is -2.28. The van der Waals surface area contributed by atoms with E-state index in [9.17, 15) is 18.0 Å². The molecule has 158 valence electrons. The molecule has 3 aromatic rings. The second-order valence-corrected chi connectivity index (χ2v) is 7.71. The minimum atomic E-state index is -4.38. The van der Waals surface area contributed by atoms with Crippen molar-refractivity contribution >= 4 is 22.9 Å². The van der Waals surface area contributed by atoms with E-state index in [4.69, 9.17) is 0 Å². The molecule has 30 heavy (non-hydrogen) atoms. The highest BCUT2D eigenvalue weighted by atomic mass is 19.4. The van der Waals surface area contributed by atoms with E-state index in [0.29, 0.717) is 5.56 Å². The van der Waals surface area contributed by atoms with Crippen LogP contribution in [0.5, 0.6) is 0 Å². The number of amides is 1. The number of aromatic amines is 1. The Kier molecular flexibility index (Phi) is 5.65. The number of rotatable bonds is 5. The molecule has 1 fully saturated rings. The van der Waals surface area contributed by atoms with Gasteiger partial charge >= 0.3 is 6.18 Å². The van der Waals surface area contributed by atoms with Crippen LogP contribution in [0, 0.1) is 5.92 Å². The zero-order valence-electron chi connectivity index (χ0n) is 16.3. The number of hydrogen-bond acceptors (Lipinski definition) is 3. The minimum Gasteiger partial charge on any atom is -0.353 e. The zero-order valence-corrected chi connectivity index (χ0v) is 16.3. The number of para-hydroxylation sites is 2. The Hall–Kier alpha value is -3.03.